The summed E-state index contributed by atoms with van der Waals surface area (Å²) in [5.74, 6) is 0.0543. The smallest absolute Gasteiger partial charge is 0.274 e. The fourth-order valence-corrected chi connectivity index (χ4v) is 4.06. The molecule has 1 aromatic heterocycles. The molecule has 7 nitrogen and oxygen atoms in total. The van der Waals surface area contributed by atoms with Gasteiger partial charge in [0, 0.05) is 64.2 Å². The van der Waals surface area contributed by atoms with Gasteiger partial charge in [0.05, 0.1) is 0 Å². The number of nitrogens with zero attached hydrogens (tertiary/aromatic N) is 4. The van der Waals surface area contributed by atoms with Crippen LogP contribution in [0.2, 0.25) is 0 Å². The summed E-state index contributed by atoms with van der Waals surface area (Å²) >= 11 is 0. The lowest BCUT2D eigenvalue weighted by atomic mass is 9.97. The maximum Gasteiger partial charge on any atom is 0.274 e. The van der Waals surface area contributed by atoms with E-state index in [0.29, 0.717) is 24.3 Å². The highest BCUT2D eigenvalue weighted by Gasteiger charge is 2.32. The number of aromatic nitrogens is 2. The fraction of sp³-hybridized carbons (Fsp3) is 0.778. The molecule has 0 bridgehead atoms. The summed E-state index contributed by atoms with van der Waals surface area (Å²) in [5, 5.41) is 4.33. The lowest BCUT2D eigenvalue weighted by Crippen LogP contribution is -2.52. The van der Waals surface area contributed by atoms with E-state index in [-0.39, 0.29) is 5.91 Å². The second-order valence-electron chi connectivity index (χ2n) is 7.19. The summed E-state index contributed by atoms with van der Waals surface area (Å²) in [6.07, 6.45) is 4.20. The predicted molar refractivity (Wildman–Crippen MR) is 96.5 cm³/mol. The molecular formula is C18H31N5O2. The minimum absolute atomic E-state index is 0.0543. The van der Waals surface area contributed by atoms with Crippen molar-refractivity contribution in [1.29, 1.82) is 0 Å². The van der Waals surface area contributed by atoms with E-state index in [4.69, 9.17) is 10.5 Å². The van der Waals surface area contributed by atoms with Crippen molar-refractivity contribution in [2.45, 2.75) is 44.7 Å². The largest absolute Gasteiger partial charge is 0.381 e. The molecule has 2 aliphatic heterocycles. The molecule has 3 heterocycles. The molecule has 0 unspecified atom stereocenters. The molecule has 0 atom stereocenters. The maximum atomic E-state index is 12.7. The molecule has 2 saturated heterocycles. The van der Waals surface area contributed by atoms with Gasteiger partial charge in [0.25, 0.3) is 5.91 Å². The van der Waals surface area contributed by atoms with Crippen LogP contribution in [0.25, 0.3) is 0 Å². The van der Waals surface area contributed by atoms with Crippen molar-refractivity contribution in [3.63, 3.8) is 0 Å². The first-order chi connectivity index (χ1) is 12.1. The zero-order valence-corrected chi connectivity index (χ0v) is 15.5. The molecular weight excluding hydrogens is 318 g/mol. The number of carbonyl (C=O) groups excluding carboxylic acids is 1. The average Bonchev–Trinajstić information content (AvgIpc) is 2.99. The maximum absolute atomic E-state index is 12.7. The van der Waals surface area contributed by atoms with Crippen LogP contribution >= 0.6 is 0 Å². The molecule has 7 heteroatoms. The summed E-state index contributed by atoms with van der Waals surface area (Å²) in [6, 6.07) is 2.96. The first-order valence-electron chi connectivity index (χ1n) is 9.43. The van der Waals surface area contributed by atoms with Crippen molar-refractivity contribution >= 4 is 5.91 Å². The van der Waals surface area contributed by atoms with Crippen LogP contribution in [0, 0.1) is 6.92 Å². The van der Waals surface area contributed by atoms with Crippen molar-refractivity contribution < 1.29 is 9.53 Å². The lowest BCUT2D eigenvalue weighted by molar-refractivity contribution is 0.00410. The Bertz CT molecular complexity index is 555. The van der Waals surface area contributed by atoms with Crippen molar-refractivity contribution in [3.8, 4) is 0 Å². The van der Waals surface area contributed by atoms with Gasteiger partial charge in [-0.2, -0.15) is 5.10 Å². The van der Waals surface area contributed by atoms with Crippen LogP contribution in [0.15, 0.2) is 6.07 Å². The van der Waals surface area contributed by atoms with E-state index in [1.807, 2.05) is 24.9 Å². The summed E-state index contributed by atoms with van der Waals surface area (Å²) in [7, 11) is 1.87. The second-order valence-corrected chi connectivity index (χ2v) is 7.19. The van der Waals surface area contributed by atoms with Gasteiger partial charge in [0.1, 0.15) is 0 Å². The molecule has 0 saturated carbocycles. The van der Waals surface area contributed by atoms with Crippen LogP contribution in [0.3, 0.4) is 0 Å². The highest BCUT2D eigenvalue weighted by atomic mass is 16.5. The van der Waals surface area contributed by atoms with E-state index in [2.05, 4.69) is 10.00 Å². The average molecular weight is 349 g/mol. The lowest BCUT2D eigenvalue weighted by Gasteiger charge is -2.43. The van der Waals surface area contributed by atoms with Crippen LogP contribution in [0.5, 0.6) is 0 Å². The van der Waals surface area contributed by atoms with E-state index in [9.17, 15) is 4.79 Å². The molecule has 0 aromatic carbocycles. The molecule has 0 spiro atoms. The van der Waals surface area contributed by atoms with Gasteiger partial charge in [0.2, 0.25) is 0 Å². The quantitative estimate of drug-likeness (QED) is 0.850. The van der Waals surface area contributed by atoms with Gasteiger partial charge in [-0.3, -0.25) is 14.4 Å². The van der Waals surface area contributed by atoms with Crippen LogP contribution < -0.4 is 5.73 Å². The minimum Gasteiger partial charge on any atom is -0.381 e. The Morgan fingerprint density at radius 3 is 2.48 bits per heavy atom. The third-order valence-corrected chi connectivity index (χ3v) is 5.60. The Morgan fingerprint density at radius 2 is 1.92 bits per heavy atom. The Hall–Kier alpha value is -1.44. The topological polar surface area (TPSA) is 76.6 Å². The van der Waals surface area contributed by atoms with Crippen LogP contribution in [-0.2, 0) is 11.8 Å². The van der Waals surface area contributed by atoms with E-state index in [0.717, 1.165) is 64.2 Å². The second kappa shape index (κ2) is 8.29. The van der Waals surface area contributed by atoms with E-state index >= 15 is 0 Å². The summed E-state index contributed by atoms with van der Waals surface area (Å²) in [6.45, 7) is 6.87. The normalized spacial score (nSPS) is 20.4. The molecule has 2 N–H and O–H groups in total. The number of amides is 1. The number of nitrogens with two attached hydrogens (primary N) is 1. The monoisotopic (exact) mass is 349 g/mol. The van der Waals surface area contributed by atoms with Crippen LogP contribution in [0.4, 0.5) is 0 Å². The Kier molecular flexibility index (Phi) is 6.09. The molecule has 2 aliphatic rings. The number of likely N-dealkylation sites (tertiary alicyclic amines) is 1. The van der Waals surface area contributed by atoms with Gasteiger partial charge in [-0.1, -0.05) is 0 Å². The van der Waals surface area contributed by atoms with E-state index in [1.54, 1.807) is 4.68 Å². The fourth-order valence-electron chi connectivity index (χ4n) is 4.06. The highest BCUT2D eigenvalue weighted by Crippen LogP contribution is 2.24. The minimum atomic E-state index is 0.0543. The zero-order chi connectivity index (χ0) is 17.8. The first-order valence-corrected chi connectivity index (χ1v) is 9.43. The van der Waals surface area contributed by atoms with Crippen molar-refractivity contribution in [1.82, 2.24) is 19.6 Å². The SMILES string of the molecule is Cc1cc(C(=O)N2CCC(N(CCN)C3CCOCC3)CC2)nn1C. The van der Waals surface area contributed by atoms with Crippen molar-refractivity contribution in [2.75, 3.05) is 39.4 Å². The Balaban J connectivity index is 1.58. The molecule has 0 radical (unpaired) electrons. The number of ether oxygens (including phenoxy) is 1. The molecule has 1 amide bonds. The number of hydrogen-bond donors (Lipinski definition) is 1. The molecule has 1 aromatic rings. The van der Waals surface area contributed by atoms with Gasteiger partial charge in [-0.15, -0.1) is 0 Å². The Labute approximate surface area is 150 Å². The van der Waals surface area contributed by atoms with Gasteiger partial charge in [-0.25, -0.2) is 0 Å². The zero-order valence-electron chi connectivity index (χ0n) is 15.5. The first kappa shape index (κ1) is 18.4. The number of hydrogen-bond acceptors (Lipinski definition) is 5. The predicted octanol–water partition coefficient (Wildman–Crippen LogP) is 0.773. The molecule has 0 aliphatic carbocycles. The number of piperidine rings is 1. The molecule has 140 valence electrons. The van der Waals surface area contributed by atoms with Gasteiger partial charge in [0.15, 0.2) is 5.69 Å². The summed E-state index contributed by atoms with van der Waals surface area (Å²) < 4.78 is 7.26. The summed E-state index contributed by atoms with van der Waals surface area (Å²) in [5.41, 5.74) is 7.43. The van der Waals surface area contributed by atoms with Crippen LogP contribution in [-0.4, -0.2) is 77.0 Å². The van der Waals surface area contributed by atoms with Gasteiger partial charge in [-0.05, 0) is 38.7 Å². The number of aryl methyl sites for hydroxylation is 2. The molecule has 2 fully saturated rings. The highest BCUT2D eigenvalue weighted by molar-refractivity contribution is 5.92. The third kappa shape index (κ3) is 4.22. The van der Waals surface area contributed by atoms with E-state index in [1.165, 1.54) is 0 Å². The van der Waals surface area contributed by atoms with Gasteiger partial charge < -0.3 is 15.4 Å². The van der Waals surface area contributed by atoms with Crippen molar-refractivity contribution in [3.05, 3.63) is 17.5 Å². The standard InChI is InChI=1S/C18H31N5O2/c1-14-13-17(20-21(14)2)18(24)22-8-3-15(4-9-22)23(10-7-19)16-5-11-25-12-6-16/h13,15-16H,3-12,19H2,1-2H3. The summed E-state index contributed by atoms with van der Waals surface area (Å²) in [4.78, 5) is 17.2. The third-order valence-electron chi connectivity index (χ3n) is 5.60. The molecule has 3 rings (SSSR count). The van der Waals surface area contributed by atoms with E-state index < -0.39 is 0 Å². The van der Waals surface area contributed by atoms with Crippen molar-refractivity contribution in [2.24, 2.45) is 12.8 Å². The Morgan fingerprint density at radius 1 is 1.28 bits per heavy atom. The molecule has 25 heavy (non-hydrogen) atoms. The number of carbonyl (C=O) groups is 1. The van der Waals surface area contributed by atoms with Gasteiger partial charge >= 0.3 is 0 Å². The number of rotatable bonds is 5. The van der Waals surface area contributed by atoms with Crippen LogP contribution in [0.1, 0.15) is 41.9 Å².